The maximum absolute atomic E-state index is 13.0. The van der Waals surface area contributed by atoms with Crippen LogP contribution in [0.1, 0.15) is 58.3 Å². The Balaban J connectivity index is 0.984. The van der Waals surface area contributed by atoms with Crippen LogP contribution in [-0.2, 0) is 38.3 Å². The molecule has 7 aliphatic rings. The lowest BCUT2D eigenvalue weighted by atomic mass is 9.45. The number of hydrogen-bond acceptors (Lipinski definition) is 15. The van der Waals surface area contributed by atoms with Gasteiger partial charge in [0.15, 0.2) is 6.29 Å². The molecule has 274 valence electrons. The second-order valence-corrected chi connectivity index (χ2v) is 15.2. The Hall–Kier alpha value is -1.86. The van der Waals surface area contributed by atoms with Gasteiger partial charge in [-0.2, -0.15) is 0 Å². The molecule has 0 aromatic carbocycles. The molecule has 5 fully saturated rings. The number of cyclic esters (lactones) is 1. The molecule has 4 aliphatic carbocycles. The van der Waals surface area contributed by atoms with E-state index in [9.17, 15) is 45.3 Å². The van der Waals surface area contributed by atoms with Crippen molar-refractivity contribution in [1.29, 1.82) is 0 Å². The molecule has 2 saturated heterocycles. The predicted molar refractivity (Wildman–Crippen MR) is 162 cm³/mol. The summed E-state index contributed by atoms with van der Waals surface area (Å²) >= 11 is 0. The first-order chi connectivity index (χ1) is 23.4. The van der Waals surface area contributed by atoms with E-state index in [2.05, 4.69) is 6.92 Å². The largest absolute Gasteiger partial charge is 0.458 e. The summed E-state index contributed by atoms with van der Waals surface area (Å²) in [7, 11) is 0. The molecule has 3 aliphatic heterocycles. The Morgan fingerprint density at radius 3 is 2.41 bits per heavy atom. The van der Waals surface area contributed by atoms with E-state index in [1.807, 2.05) is 6.08 Å². The highest BCUT2D eigenvalue weighted by molar-refractivity contribution is 5.85. The van der Waals surface area contributed by atoms with Gasteiger partial charge in [0, 0.05) is 11.5 Å². The van der Waals surface area contributed by atoms with Crippen molar-refractivity contribution in [3.8, 4) is 0 Å². The summed E-state index contributed by atoms with van der Waals surface area (Å²) in [6.07, 6.45) is -4.15. The maximum atomic E-state index is 13.0. The van der Waals surface area contributed by atoms with Gasteiger partial charge in [0.25, 0.3) is 0 Å². The summed E-state index contributed by atoms with van der Waals surface area (Å²) in [6.45, 7) is 1.47. The van der Waals surface area contributed by atoms with Crippen LogP contribution in [0.5, 0.6) is 0 Å². The van der Waals surface area contributed by atoms with E-state index in [0.717, 1.165) is 36.7 Å². The van der Waals surface area contributed by atoms with Crippen LogP contribution in [0.4, 0.5) is 0 Å². The van der Waals surface area contributed by atoms with E-state index in [1.165, 1.54) is 0 Å². The Morgan fingerprint density at radius 1 is 0.918 bits per heavy atom. The van der Waals surface area contributed by atoms with Crippen molar-refractivity contribution in [2.24, 2.45) is 28.6 Å². The number of carbonyl (C=O) groups excluding carboxylic acids is 2. The van der Waals surface area contributed by atoms with E-state index in [-0.39, 0.29) is 36.9 Å². The second kappa shape index (κ2) is 13.3. The maximum Gasteiger partial charge on any atom is 0.331 e. The number of ether oxygens (including phenoxy) is 4. The Kier molecular flexibility index (Phi) is 9.63. The highest BCUT2D eigenvalue weighted by Crippen LogP contribution is 2.69. The van der Waals surface area contributed by atoms with E-state index in [0.29, 0.717) is 32.1 Å². The average molecular weight is 697 g/mol. The molecule has 0 radical (unpaired) electrons. The molecule has 0 spiro atoms. The number of carbonyl (C=O) groups is 2. The van der Waals surface area contributed by atoms with Crippen molar-refractivity contribution in [3.63, 3.8) is 0 Å². The molecule has 15 heteroatoms. The van der Waals surface area contributed by atoms with Gasteiger partial charge in [0.1, 0.15) is 55.6 Å². The first-order valence-corrected chi connectivity index (χ1v) is 17.4. The molecule has 0 aromatic rings. The minimum absolute atomic E-state index is 0.0434. The number of rotatable bonds is 8. The minimum Gasteiger partial charge on any atom is -0.458 e. The molecular formula is C34H48O15. The fourth-order valence-electron chi connectivity index (χ4n) is 10.3. The number of allylic oxidation sites excluding steroid dienone is 1. The van der Waals surface area contributed by atoms with Gasteiger partial charge in [-0.15, -0.1) is 0 Å². The highest BCUT2D eigenvalue weighted by atomic mass is 17.2. The second-order valence-electron chi connectivity index (χ2n) is 15.2. The average Bonchev–Trinajstić information content (AvgIpc) is 3.65. The van der Waals surface area contributed by atoms with Gasteiger partial charge >= 0.3 is 5.97 Å². The molecule has 0 bridgehead atoms. The molecule has 3 saturated carbocycles. The predicted octanol–water partition coefficient (Wildman–Crippen LogP) is -1.08. The molecule has 16 atom stereocenters. The number of fused-ring (bicyclic) bond motifs is 5. The number of aliphatic hydroxyl groups is 7. The summed E-state index contributed by atoms with van der Waals surface area (Å²) < 4.78 is 22.3. The van der Waals surface area contributed by atoms with Crippen LogP contribution in [0, 0.1) is 28.6 Å². The van der Waals surface area contributed by atoms with E-state index >= 15 is 0 Å². The number of esters is 1. The first-order valence-electron chi connectivity index (χ1n) is 17.4. The molecule has 7 N–H and O–H groups in total. The SMILES string of the molecule is C[C@]12CC[C@H]3[C@@H](CCC4=C[C@@H](O[C@@H]5OC[C@@H](OO[C@@H]6O[C@H](CO)[C@@H](O)[C@H](O)[C@H]6O)[C@H](O)[C@H]5O)CC[C@@]43C=O)[C@@]1(O)CC[C@@H]2C1=CC(=O)OC1. The summed E-state index contributed by atoms with van der Waals surface area (Å²) in [5.41, 5.74) is -0.216. The zero-order chi connectivity index (χ0) is 34.9. The van der Waals surface area contributed by atoms with Crippen LogP contribution in [0.25, 0.3) is 0 Å². The molecule has 15 nitrogen and oxygen atoms in total. The van der Waals surface area contributed by atoms with E-state index in [4.69, 9.17) is 28.7 Å². The van der Waals surface area contributed by atoms with Crippen molar-refractivity contribution >= 4 is 12.3 Å². The molecule has 0 amide bonds. The Labute approximate surface area is 283 Å². The van der Waals surface area contributed by atoms with Gasteiger partial charge in [-0.1, -0.05) is 18.6 Å². The lowest BCUT2D eigenvalue weighted by Crippen LogP contribution is -2.62. The van der Waals surface area contributed by atoms with Crippen molar-refractivity contribution in [1.82, 2.24) is 0 Å². The molecule has 3 heterocycles. The third-order valence-electron chi connectivity index (χ3n) is 13.1. The van der Waals surface area contributed by atoms with Crippen LogP contribution in [0.3, 0.4) is 0 Å². The lowest BCUT2D eigenvalue weighted by molar-refractivity contribution is -0.457. The quantitative estimate of drug-likeness (QED) is 0.0526. The number of hydrogen-bond donors (Lipinski definition) is 7. The van der Waals surface area contributed by atoms with Crippen LogP contribution in [0.15, 0.2) is 23.3 Å². The third-order valence-corrected chi connectivity index (χ3v) is 13.1. The summed E-state index contributed by atoms with van der Waals surface area (Å²) in [5.74, 6) is -0.392. The Bertz CT molecular complexity index is 1340. The number of aliphatic hydroxyl groups excluding tert-OH is 6. The Morgan fingerprint density at radius 2 is 1.69 bits per heavy atom. The van der Waals surface area contributed by atoms with Crippen LogP contribution >= 0.6 is 0 Å². The van der Waals surface area contributed by atoms with Gasteiger partial charge in [0.05, 0.1) is 30.3 Å². The van der Waals surface area contributed by atoms with E-state index in [1.54, 1.807) is 6.08 Å². The van der Waals surface area contributed by atoms with Crippen molar-refractivity contribution in [3.05, 3.63) is 23.3 Å². The fourth-order valence-corrected chi connectivity index (χ4v) is 10.3. The van der Waals surface area contributed by atoms with E-state index < -0.39 is 84.4 Å². The molecule has 0 aromatic heterocycles. The zero-order valence-corrected chi connectivity index (χ0v) is 27.4. The summed E-state index contributed by atoms with van der Waals surface area (Å²) in [5, 5.41) is 73.5. The van der Waals surface area contributed by atoms with Gasteiger partial charge in [-0.25, -0.2) is 14.6 Å². The highest BCUT2D eigenvalue weighted by Gasteiger charge is 2.68. The monoisotopic (exact) mass is 696 g/mol. The first kappa shape index (κ1) is 35.5. The smallest absolute Gasteiger partial charge is 0.331 e. The fraction of sp³-hybridized carbons (Fsp3) is 0.824. The third kappa shape index (κ3) is 5.65. The van der Waals surface area contributed by atoms with Crippen LogP contribution in [0.2, 0.25) is 0 Å². The van der Waals surface area contributed by atoms with Crippen molar-refractivity contribution < 1.29 is 74.1 Å². The van der Waals surface area contributed by atoms with Gasteiger partial charge in [-0.3, -0.25) is 0 Å². The minimum atomic E-state index is -1.72. The molecule has 7 rings (SSSR count). The standard InChI is InChI=1S/C34H48O15/c1-32-7-5-20-21(34(32,43)9-6-19(32)16-10-24(37)44-13-16)3-2-17-11-18(4-8-33(17,20)15-36)46-30-28(41)26(39)23(14-45-30)48-49-31-29(42)27(40)25(38)22(12-35)47-31/h10-11,15,18-23,25-31,35,38-43H,2-9,12-14H2,1H3/t18-,19+,20-,21+,22+,23+,25+,26-,27-,28+,29+,30-,31-,32+,33+,34-/m0/s1. The number of aldehydes is 1. The lowest BCUT2D eigenvalue weighted by Gasteiger charge is -2.61. The topological polar surface area (TPSA) is 231 Å². The van der Waals surface area contributed by atoms with Crippen LogP contribution < -0.4 is 0 Å². The molecule has 0 unspecified atom stereocenters. The molecular weight excluding hydrogens is 648 g/mol. The van der Waals surface area contributed by atoms with Crippen LogP contribution in [-0.4, -0.2) is 135 Å². The normalized spacial score (nSPS) is 51.2. The van der Waals surface area contributed by atoms with Crippen molar-refractivity contribution in [2.45, 2.75) is 125 Å². The summed E-state index contributed by atoms with van der Waals surface area (Å²) in [4.78, 5) is 35.1. The van der Waals surface area contributed by atoms with Gasteiger partial charge < -0.3 is 59.5 Å². The van der Waals surface area contributed by atoms with Gasteiger partial charge in [-0.05, 0) is 74.7 Å². The summed E-state index contributed by atoms with van der Waals surface area (Å²) in [6, 6.07) is 0. The zero-order valence-electron chi connectivity index (χ0n) is 27.4. The van der Waals surface area contributed by atoms with Gasteiger partial charge in [0.2, 0.25) is 6.29 Å². The molecule has 49 heavy (non-hydrogen) atoms. The van der Waals surface area contributed by atoms with Crippen molar-refractivity contribution in [2.75, 3.05) is 19.8 Å².